The monoisotopic (exact) mass is 299 g/mol. The molecule has 112 valence electrons. The molecule has 0 aromatic heterocycles. The van der Waals surface area contributed by atoms with Crippen LogP contribution in [0.1, 0.15) is 36.5 Å². The van der Waals surface area contributed by atoms with Crippen LogP contribution < -0.4 is 4.72 Å². The van der Waals surface area contributed by atoms with Crippen LogP contribution in [0.5, 0.6) is 0 Å². The molecule has 0 aliphatic carbocycles. The van der Waals surface area contributed by atoms with E-state index in [1.54, 1.807) is 26.0 Å². The predicted octanol–water partition coefficient (Wildman–Crippen LogP) is 2.14. The van der Waals surface area contributed by atoms with Crippen molar-refractivity contribution in [1.82, 2.24) is 4.72 Å². The summed E-state index contributed by atoms with van der Waals surface area (Å²) in [4.78, 5) is 11.3. The van der Waals surface area contributed by atoms with Crippen LogP contribution in [-0.4, -0.2) is 25.5 Å². The fourth-order valence-electron chi connectivity index (χ4n) is 2.36. The van der Waals surface area contributed by atoms with Gasteiger partial charge in [0.05, 0.1) is 4.90 Å². The standard InChI is InChI=1S/C14H21NO4S/c1-5-6-12(14(16)17)15-20(18,19)13-10(3)7-9(2)8-11(13)4/h7-8,12,15H,5-6H2,1-4H3,(H,16,17). The van der Waals surface area contributed by atoms with Gasteiger partial charge < -0.3 is 5.11 Å². The summed E-state index contributed by atoms with van der Waals surface area (Å²) >= 11 is 0. The molecule has 0 bridgehead atoms. The van der Waals surface area contributed by atoms with Crippen molar-refractivity contribution in [3.05, 3.63) is 28.8 Å². The number of rotatable bonds is 6. The minimum Gasteiger partial charge on any atom is -0.480 e. The fourth-order valence-corrected chi connectivity index (χ4v) is 4.04. The quantitative estimate of drug-likeness (QED) is 0.843. The van der Waals surface area contributed by atoms with E-state index in [9.17, 15) is 13.2 Å². The van der Waals surface area contributed by atoms with Crippen LogP contribution in [0.4, 0.5) is 0 Å². The Kier molecular flexibility index (Phi) is 5.30. The van der Waals surface area contributed by atoms with E-state index in [0.717, 1.165) is 5.56 Å². The molecular formula is C14H21NO4S. The van der Waals surface area contributed by atoms with Crippen LogP contribution in [-0.2, 0) is 14.8 Å². The summed E-state index contributed by atoms with van der Waals surface area (Å²) in [5.41, 5.74) is 2.22. The van der Waals surface area contributed by atoms with Crippen LogP contribution in [0.25, 0.3) is 0 Å². The van der Waals surface area contributed by atoms with Crippen molar-refractivity contribution >= 4 is 16.0 Å². The molecule has 1 rings (SSSR count). The lowest BCUT2D eigenvalue weighted by atomic mass is 10.1. The highest BCUT2D eigenvalue weighted by Gasteiger charge is 2.27. The first-order valence-electron chi connectivity index (χ1n) is 6.52. The van der Waals surface area contributed by atoms with E-state index in [1.807, 2.05) is 13.8 Å². The summed E-state index contributed by atoms with van der Waals surface area (Å²) < 4.78 is 27.1. The van der Waals surface area contributed by atoms with E-state index in [1.165, 1.54) is 0 Å². The molecule has 1 unspecified atom stereocenters. The van der Waals surface area contributed by atoms with Crippen molar-refractivity contribution < 1.29 is 18.3 Å². The molecule has 20 heavy (non-hydrogen) atoms. The van der Waals surface area contributed by atoms with Crippen molar-refractivity contribution in [3.63, 3.8) is 0 Å². The number of nitrogens with one attached hydrogen (secondary N) is 1. The van der Waals surface area contributed by atoms with Gasteiger partial charge in [0.15, 0.2) is 0 Å². The fraction of sp³-hybridized carbons (Fsp3) is 0.500. The van der Waals surface area contributed by atoms with Gasteiger partial charge in [-0.1, -0.05) is 31.0 Å². The molecular weight excluding hydrogens is 278 g/mol. The van der Waals surface area contributed by atoms with Crippen LogP contribution in [0, 0.1) is 20.8 Å². The first-order chi connectivity index (χ1) is 9.19. The van der Waals surface area contributed by atoms with E-state index < -0.39 is 22.0 Å². The second-order valence-corrected chi connectivity index (χ2v) is 6.68. The minimum atomic E-state index is -3.84. The maximum atomic E-state index is 12.4. The summed E-state index contributed by atoms with van der Waals surface area (Å²) in [7, 11) is -3.84. The average Bonchev–Trinajstić information content (AvgIpc) is 2.25. The van der Waals surface area contributed by atoms with E-state index in [2.05, 4.69) is 4.72 Å². The summed E-state index contributed by atoms with van der Waals surface area (Å²) in [5.74, 6) is -1.15. The van der Waals surface area contributed by atoms with Crippen molar-refractivity contribution in [1.29, 1.82) is 0 Å². The molecule has 0 radical (unpaired) electrons. The smallest absolute Gasteiger partial charge is 0.321 e. The Balaban J connectivity index is 3.20. The van der Waals surface area contributed by atoms with E-state index in [0.29, 0.717) is 17.5 Å². The number of aliphatic carboxylic acids is 1. The van der Waals surface area contributed by atoms with Crippen LogP contribution >= 0.6 is 0 Å². The van der Waals surface area contributed by atoms with Gasteiger partial charge in [0.2, 0.25) is 10.0 Å². The highest BCUT2D eigenvalue weighted by molar-refractivity contribution is 7.89. The zero-order valence-electron chi connectivity index (χ0n) is 12.2. The molecule has 0 fully saturated rings. The number of sulfonamides is 1. The predicted molar refractivity (Wildman–Crippen MR) is 77.3 cm³/mol. The normalized spacial score (nSPS) is 13.2. The second-order valence-electron chi connectivity index (χ2n) is 5.03. The van der Waals surface area contributed by atoms with Gasteiger partial charge >= 0.3 is 5.97 Å². The first-order valence-corrected chi connectivity index (χ1v) is 8.00. The summed E-state index contributed by atoms with van der Waals surface area (Å²) in [6.45, 7) is 7.13. The summed E-state index contributed by atoms with van der Waals surface area (Å²) in [6, 6.07) is 2.46. The Bertz CT molecular complexity index is 585. The van der Waals surface area contributed by atoms with E-state index >= 15 is 0 Å². The minimum absolute atomic E-state index is 0.172. The number of carbonyl (C=O) groups is 1. The van der Waals surface area contributed by atoms with Gasteiger partial charge in [-0.05, 0) is 38.3 Å². The molecule has 1 atom stereocenters. The van der Waals surface area contributed by atoms with Crippen molar-refractivity contribution in [2.24, 2.45) is 0 Å². The SMILES string of the molecule is CCCC(NS(=O)(=O)c1c(C)cc(C)cc1C)C(=O)O. The molecule has 2 N–H and O–H groups in total. The van der Waals surface area contributed by atoms with Crippen molar-refractivity contribution in [2.75, 3.05) is 0 Å². The Labute approximate surface area is 120 Å². The molecule has 0 saturated heterocycles. The molecule has 0 heterocycles. The van der Waals surface area contributed by atoms with Crippen LogP contribution in [0.3, 0.4) is 0 Å². The summed E-state index contributed by atoms with van der Waals surface area (Å²) in [5, 5.41) is 9.07. The van der Waals surface area contributed by atoms with Gasteiger partial charge in [0.25, 0.3) is 0 Å². The third kappa shape index (κ3) is 3.80. The zero-order valence-corrected chi connectivity index (χ0v) is 13.0. The first kappa shape index (κ1) is 16.7. The van der Waals surface area contributed by atoms with Gasteiger partial charge in [-0.15, -0.1) is 0 Å². The maximum Gasteiger partial charge on any atom is 0.321 e. The van der Waals surface area contributed by atoms with Crippen molar-refractivity contribution in [3.8, 4) is 0 Å². The number of aryl methyl sites for hydroxylation is 3. The van der Waals surface area contributed by atoms with Crippen LogP contribution in [0.15, 0.2) is 17.0 Å². The van der Waals surface area contributed by atoms with E-state index in [-0.39, 0.29) is 11.3 Å². The van der Waals surface area contributed by atoms with Gasteiger partial charge in [0.1, 0.15) is 6.04 Å². The van der Waals surface area contributed by atoms with Gasteiger partial charge in [0, 0.05) is 0 Å². The number of hydrogen-bond donors (Lipinski definition) is 2. The number of hydrogen-bond acceptors (Lipinski definition) is 3. The molecule has 0 amide bonds. The topological polar surface area (TPSA) is 83.5 Å². The highest BCUT2D eigenvalue weighted by atomic mass is 32.2. The largest absolute Gasteiger partial charge is 0.480 e. The number of carboxylic acids is 1. The molecule has 1 aromatic rings. The molecule has 0 spiro atoms. The maximum absolute atomic E-state index is 12.4. The zero-order chi connectivity index (χ0) is 15.5. The molecule has 6 heteroatoms. The molecule has 5 nitrogen and oxygen atoms in total. The third-order valence-corrected chi connectivity index (χ3v) is 4.82. The lowest BCUT2D eigenvalue weighted by Crippen LogP contribution is -2.41. The Morgan fingerprint density at radius 3 is 2.15 bits per heavy atom. The van der Waals surface area contributed by atoms with Gasteiger partial charge in [-0.25, -0.2) is 8.42 Å². The Morgan fingerprint density at radius 2 is 1.75 bits per heavy atom. The average molecular weight is 299 g/mol. The molecule has 0 aliphatic rings. The number of benzene rings is 1. The summed E-state index contributed by atoms with van der Waals surface area (Å²) in [6.07, 6.45) is 0.851. The number of carboxylic acid groups (broad SMARTS) is 1. The van der Waals surface area contributed by atoms with Crippen LogP contribution in [0.2, 0.25) is 0 Å². The highest BCUT2D eigenvalue weighted by Crippen LogP contribution is 2.22. The van der Waals surface area contributed by atoms with Gasteiger partial charge in [-0.3, -0.25) is 4.79 Å². The van der Waals surface area contributed by atoms with Gasteiger partial charge in [-0.2, -0.15) is 4.72 Å². The lowest BCUT2D eigenvalue weighted by Gasteiger charge is -2.17. The Hall–Kier alpha value is -1.40. The lowest BCUT2D eigenvalue weighted by molar-refractivity contribution is -0.139. The Morgan fingerprint density at radius 1 is 1.25 bits per heavy atom. The second kappa shape index (κ2) is 6.37. The third-order valence-electron chi connectivity index (χ3n) is 3.05. The van der Waals surface area contributed by atoms with Crippen molar-refractivity contribution in [2.45, 2.75) is 51.5 Å². The molecule has 1 aromatic carbocycles. The molecule has 0 aliphatic heterocycles. The van der Waals surface area contributed by atoms with E-state index in [4.69, 9.17) is 5.11 Å². The molecule has 0 saturated carbocycles.